The number of benzene rings is 2. The zero-order valence-corrected chi connectivity index (χ0v) is 20.5. The highest BCUT2D eigenvalue weighted by Gasteiger charge is 2.29. The lowest BCUT2D eigenvalue weighted by Gasteiger charge is -2.18. The van der Waals surface area contributed by atoms with E-state index < -0.39 is 0 Å². The normalized spacial score (nSPS) is 15.1. The quantitative estimate of drug-likeness (QED) is 0.377. The minimum Gasteiger partial charge on any atom is -0.392 e. The highest BCUT2D eigenvalue weighted by atomic mass is 16.3. The highest BCUT2D eigenvalue weighted by molar-refractivity contribution is 6.00. The smallest absolute Gasteiger partial charge is 0.255 e. The Balaban J connectivity index is 1.23. The number of aromatic nitrogens is 3. The first kappa shape index (κ1) is 24.2. The number of amides is 2. The van der Waals surface area contributed by atoms with E-state index in [-0.39, 0.29) is 30.3 Å². The van der Waals surface area contributed by atoms with E-state index in [0.29, 0.717) is 30.6 Å². The van der Waals surface area contributed by atoms with Crippen LogP contribution in [-0.4, -0.2) is 55.7 Å². The minimum atomic E-state index is -0.318. The number of nitrogens with two attached hydrogens (primary N) is 1. The molecule has 0 spiro atoms. The van der Waals surface area contributed by atoms with Gasteiger partial charge in [-0.2, -0.15) is 5.10 Å². The lowest BCUT2D eigenvalue weighted by atomic mass is 9.99. The predicted octanol–water partition coefficient (Wildman–Crippen LogP) is 2.87. The number of carbonyl (C=O) groups excluding carboxylic acids is 2. The topological polar surface area (TPSA) is 126 Å². The lowest BCUT2D eigenvalue weighted by Crippen LogP contribution is -2.38. The van der Waals surface area contributed by atoms with Gasteiger partial charge in [-0.05, 0) is 41.3 Å². The zero-order chi connectivity index (χ0) is 25.9. The Hall–Kier alpha value is -4.50. The van der Waals surface area contributed by atoms with E-state index in [9.17, 15) is 14.7 Å². The number of rotatable bonds is 6. The number of aryl methyl sites for hydroxylation is 1. The van der Waals surface area contributed by atoms with Gasteiger partial charge in [0.1, 0.15) is 5.82 Å². The van der Waals surface area contributed by atoms with Gasteiger partial charge in [0.25, 0.3) is 11.8 Å². The molecule has 1 fully saturated rings. The SMILES string of the molecule is Cn1cc(-c2cnc(N)c(C(=O)N[C@@H]3CCN(C(=O)c4ccc(-c5ccccc5CO)cc4)C3)c2)cn1. The summed E-state index contributed by atoms with van der Waals surface area (Å²) in [6.07, 6.45) is 5.81. The summed E-state index contributed by atoms with van der Waals surface area (Å²) in [5.41, 5.74) is 11.2. The van der Waals surface area contributed by atoms with E-state index in [1.807, 2.05) is 49.6 Å². The number of carbonyl (C=O) groups is 2. The Bertz CT molecular complexity index is 1450. The van der Waals surface area contributed by atoms with Crippen LogP contribution in [0.1, 0.15) is 32.7 Å². The largest absolute Gasteiger partial charge is 0.392 e. The molecular formula is C28H28N6O3. The predicted molar refractivity (Wildman–Crippen MR) is 140 cm³/mol. The maximum atomic E-state index is 13.1. The van der Waals surface area contributed by atoms with Gasteiger partial charge in [-0.3, -0.25) is 14.3 Å². The van der Waals surface area contributed by atoms with Gasteiger partial charge in [0.2, 0.25) is 0 Å². The van der Waals surface area contributed by atoms with Crippen molar-refractivity contribution in [2.45, 2.75) is 19.1 Å². The van der Waals surface area contributed by atoms with Gasteiger partial charge in [0.05, 0.1) is 18.4 Å². The number of aliphatic hydroxyl groups excluding tert-OH is 1. The molecule has 5 rings (SSSR count). The summed E-state index contributed by atoms with van der Waals surface area (Å²) in [4.78, 5) is 32.0. The number of anilines is 1. The Kier molecular flexibility index (Phi) is 6.70. The molecule has 2 aromatic carbocycles. The third kappa shape index (κ3) is 5.07. The van der Waals surface area contributed by atoms with Crippen molar-refractivity contribution in [3.63, 3.8) is 0 Å². The number of aliphatic hydroxyl groups is 1. The average molecular weight is 497 g/mol. The summed E-state index contributed by atoms with van der Waals surface area (Å²) in [5, 5.41) is 16.8. The summed E-state index contributed by atoms with van der Waals surface area (Å²) >= 11 is 0. The van der Waals surface area contributed by atoms with Crippen LogP contribution in [-0.2, 0) is 13.7 Å². The van der Waals surface area contributed by atoms with Crippen molar-refractivity contribution in [1.82, 2.24) is 25.0 Å². The molecule has 0 radical (unpaired) electrons. The van der Waals surface area contributed by atoms with E-state index in [2.05, 4.69) is 15.4 Å². The van der Waals surface area contributed by atoms with Crippen molar-refractivity contribution in [3.05, 3.63) is 89.9 Å². The first-order valence-electron chi connectivity index (χ1n) is 12.1. The van der Waals surface area contributed by atoms with Crippen molar-refractivity contribution >= 4 is 17.6 Å². The Morgan fingerprint density at radius 3 is 2.59 bits per heavy atom. The van der Waals surface area contributed by atoms with Crippen LogP contribution in [0.2, 0.25) is 0 Å². The molecule has 1 aliphatic rings. The molecular weight excluding hydrogens is 468 g/mol. The average Bonchev–Trinajstić information content (AvgIpc) is 3.57. The molecule has 0 unspecified atom stereocenters. The maximum absolute atomic E-state index is 13.1. The summed E-state index contributed by atoms with van der Waals surface area (Å²) in [7, 11) is 1.82. The van der Waals surface area contributed by atoms with Gasteiger partial charge in [-0.1, -0.05) is 36.4 Å². The molecule has 0 saturated carbocycles. The van der Waals surface area contributed by atoms with Crippen LogP contribution in [0.4, 0.5) is 5.82 Å². The lowest BCUT2D eigenvalue weighted by molar-refractivity contribution is 0.0783. The highest BCUT2D eigenvalue weighted by Crippen LogP contribution is 2.25. The zero-order valence-electron chi connectivity index (χ0n) is 20.5. The monoisotopic (exact) mass is 496 g/mol. The maximum Gasteiger partial charge on any atom is 0.255 e. The molecule has 1 saturated heterocycles. The van der Waals surface area contributed by atoms with Gasteiger partial charge < -0.3 is 21.1 Å². The molecule has 4 aromatic rings. The second-order valence-corrected chi connectivity index (χ2v) is 9.16. The molecule has 1 aliphatic heterocycles. The van der Waals surface area contributed by atoms with Crippen LogP contribution in [0, 0.1) is 0 Å². The molecule has 3 heterocycles. The number of hydrogen-bond acceptors (Lipinski definition) is 6. The van der Waals surface area contributed by atoms with Crippen molar-refractivity contribution in [2.75, 3.05) is 18.8 Å². The fraction of sp³-hybridized carbons (Fsp3) is 0.214. The molecule has 1 atom stereocenters. The van der Waals surface area contributed by atoms with E-state index in [4.69, 9.17) is 5.73 Å². The van der Waals surface area contributed by atoms with Gasteiger partial charge in [-0.15, -0.1) is 0 Å². The molecule has 2 amide bonds. The molecule has 9 heteroatoms. The first-order chi connectivity index (χ1) is 17.9. The first-order valence-corrected chi connectivity index (χ1v) is 12.1. The van der Waals surface area contributed by atoms with Crippen molar-refractivity contribution in [1.29, 1.82) is 0 Å². The van der Waals surface area contributed by atoms with E-state index in [1.54, 1.807) is 40.2 Å². The van der Waals surface area contributed by atoms with Crippen LogP contribution < -0.4 is 11.1 Å². The second kappa shape index (κ2) is 10.2. The third-order valence-corrected chi connectivity index (χ3v) is 6.64. The number of nitrogens with zero attached hydrogens (tertiary/aromatic N) is 4. The molecule has 37 heavy (non-hydrogen) atoms. The van der Waals surface area contributed by atoms with Gasteiger partial charge in [0.15, 0.2) is 0 Å². The van der Waals surface area contributed by atoms with Gasteiger partial charge in [-0.25, -0.2) is 4.98 Å². The third-order valence-electron chi connectivity index (χ3n) is 6.64. The Labute approximate surface area is 214 Å². The Morgan fingerprint density at radius 2 is 1.86 bits per heavy atom. The molecule has 4 N–H and O–H groups in total. The molecule has 0 aliphatic carbocycles. The van der Waals surface area contributed by atoms with Crippen LogP contribution in [0.5, 0.6) is 0 Å². The summed E-state index contributed by atoms with van der Waals surface area (Å²) in [6, 6.07) is 16.5. The summed E-state index contributed by atoms with van der Waals surface area (Å²) < 4.78 is 1.68. The summed E-state index contributed by atoms with van der Waals surface area (Å²) in [6.45, 7) is 0.908. The molecule has 2 aromatic heterocycles. The Morgan fingerprint density at radius 1 is 1.08 bits per heavy atom. The second-order valence-electron chi connectivity index (χ2n) is 9.16. The molecule has 9 nitrogen and oxygen atoms in total. The van der Waals surface area contributed by atoms with Crippen LogP contribution in [0.15, 0.2) is 73.2 Å². The fourth-order valence-electron chi connectivity index (χ4n) is 4.63. The summed E-state index contributed by atoms with van der Waals surface area (Å²) in [5.74, 6) is -0.251. The minimum absolute atomic E-state index is 0.0484. The fourth-order valence-corrected chi connectivity index (χ4v) is 4.63. The van der Waals surface area contributed by atoms with Crippen molar-refractivity contribution in [3.8, 4) is 22.3 Å². The molecule has 188 valence electrons. The standard InChI is InChI=1S/C28H28N6O3/c1-33-15-22(14-31-33)21-12-25(26(29)30-13-21)27(36)32-23-10-11-34(16-23)28(37)19-8-6-18(7-9-19)24-5-3-2-4-20(24)17-35/h2-9,12-15,23,35H,10-11,16-17H2,1H3,(H2,29,30)(H,32,36)/t23-/m1/s1. The van der Waals surface area contributed by atoms with Crippen molar-refractivity contribution < 1.29 is 14.7 Å². The van der Waals surface area contributed by atoms with Gasteiger partial charge >= 0.3 is 0 Å². The molecule has 0 bridgehead atoms. The number of likely N-dealkylation sites (tertiary alicyclic amines) is 1. The van der Waals surface area contributed by atoms with E-state index in [1.165, 1.54) is 0 Å². The van der Waals surface area contributed by atoms with Crippen LogP contribution in [0.25, 0.3) is 22.3 Å². The van der Waals surface area contributed by atoms with Crippen LogP contribution >= 0.6 is 0 Å². The number of nitrogens with one attached hydrogen (secondary N) is 1. The van der Waals surface area contributed by atoms with Crippen LogP contribution in [0.3, 0.4) is 0 Å². The van der Waals surface area contributed by atoms with Crippen molar-refractivity contribution in [2.24, 2.45) is 7.05 Å². The number of hydrogen-bond donors (Lipinski definition) is 3. The van der Waals surface area contributed by atoms with E-state index in [0.717, 1.165) is 27.8 Å². The van der Waals surface area contributed by atoms with E-state index >= 15 is 0 Å². The number of nitrogen functional groups attached to an aromatic ring is 1. The van der Waals surface area contributed by atoms with Gasteiger partial charge in [0, 0.05) is 55.3 Å². The number of pyridine rings is 1.